The van der Waals surface area contributed by atoms with Gasteiger partial charge in [-0.1, -0.05) is 30.3 Å². The molecule has 1 aromatic heterocycles. The van der Waals surface area contributed by atoms with Crippen molar-refractivity contribution in [3.8, 4) is 5.75 Å². The highest BCUT2D eigenvalue weighted by Crippen LogP contribution is 2.18. The molecular formula is C19H19NO3. The maximum absolute atomic E-state index is 12.0. The topological polar surface area (TPSA) is 51.5 Å². The number of benzene rings is 2. The molecule has 4 heteroatoms. The predicted molar refractivity (Wildman–Crippen MR) is 89.4 cm³/mol. The van der Waals surface area contributed by atoms with Gasteiger partial charge in [-0.25, -0.2) is 0 Å². The minimum Gasteiger partial charge on any atom is -0.497 e. The van der Waals surface area contributed by atoms with Gasteiger partial charge in [-0.05, 0) is 36.2 Å². The summed E-state index contributed by atoms with van der Waals surface area (Å²) in [5.74, 6) is 1.60. The van der Waals surface area contributed by atoms with Gasteiger partial charge in [-0.2, -0.15) is 0 Å². The molecule has 118 valence electrons. The van der Waals surface area contributed by atoms with E-state index >= 15 is 0 Å². The number of amides is 1. The lowest BCUT2D eigenvalue weighted by Gasteiger charge is -2.05. The highest BCUT2D eigenvalue weighted by molar-refractivity contribution is 5.78. The minimum atomic E-state index is 0.0151. The molecule has 2 aromatic carbocycles. The second-order valence-corrected chi connectivity index (χ2v) is 5.38. The molecule has 0 aliphatic rings. The Kier molecular flexibility index (Phi) is 4.62. The van der Waals surface area contributed by atoms with Crippen LogP contribution in [0, 0.1) is 0 Å². The highest BCUT2D eigenvalue weighted by Gasteiger charge is 2.06. The second kappa shape index (κ2) is 7.01. The zero-order valence-corrected chi connectivity index (χ0v) is 13.0. The van der Waals surface area contributed by atoms with Crippen molar-refractivity contribution in [3.05, 3.63) is 65.9 Å². The average molecular weight is 309 g/mol. The van der Waals surface area contributed by atoms with E-state index < -0.39 is 0 Å². The molecule has 1 heterocycles. The number of hydrogen-bond acceptors (Lipinski definition) is 3. The van der Waals surface area contributed by atoms with Crippen molar-refractivity contribution in [1.29, 1.82) is 0 Å². The normalized spacial score (nSPS) is 10.7. The summed E-state index contributed by atoms with van der Waals surface area (Å²) in [4.78, 5) is 12.0. The van der Waals surface area contributed by atoms with Crippen LogP contribution in [0.15, 0.2) is 59.0 Å². The van der Waals surface area contributed by atoms with Gasteiger partial charge < -0.3 is 14.5 Å². The van der Waals surface area contributed by atoms with E-state index in [2.05, 4.69) is 5.32 Å². The van der Waals surface area contributed by atoms with Crippen LogP contribution < -0.4 is 10.1 Å². The molecule has 0 saturated heterocycles. The van der Waals surface area contributed by atoms with E-state index in [0.717, 1.165) is 28.0 Å². The first kappa shape index (κ1) is 15.2. The fourth-order valence-corrected chi connectivity index (χ4v) is 2.45. The van der Waals surface area contributed by atoms with E-state index in [4.69, 9.17) is 9.15 Å². The van der Waals surface area contributed by atoms with Gasteiger partial charge in [-0.3, -0.25) is 4.79 Å². The van der Waals surface area contributed by atoms with Crippen LogP contribution >= 0.6 is 0 Å². The third-order valence-electron chi connectivity index (χ3n) is 3.74. The Labute approximate surface area is 135 Å². The first-order chi connectivity index (χ1) is 11.2. The lowest BCUT2D eigenvalue weighted by molar-refractivity contribution is -0.121. The molecule has 3 aromatic rings. The number of nitrogens with one attached hydrogen (secondary N) is 1. The van der Waals surface area contributed by atoms with E-state index in [1.165, 1.54) is 0 Å². The van der Waals surface area contributed by atoms with Gasteiger partial charge in [0.15, 0.2) is 0 Å². The fourth-order valence-electron chi connectivity index (χ4n) is 2.45. The number of hydrogen-bond donors (Lipinski definition) is 1. The Bertz CT molecular complexity index is 757. The molecular weight excluding hydrogens is 290 g/mol. The molecule has 0 fully saturated rings. The number of fused-ring (bicyclic) bond motifs is 1. The molecule has 0 unspecified atom stereocenters. The van der Waals surface area contributed by atoms with Crippen molar-refractivity contribution >= 4 is 16.9 Å². The first-order valence-corrected chi connectivity index (χ1v) is 7.62. The van der Waals surface area contributed by atoms with Gasteiger partial charge >= 0.3 is 0 Å². The maximum atomic E-state index is 12.0. The van der Waals surface area contributed by atoms with Crippen LogP contribution in [-0.4, -0.2) is 13.0 Å². The van der Waals surface area contributed by atoms with Crippen LogP contribution in [0.25, 0.3) is 11.0 Å². The largest absolute Gasteiger partial charge is 0.497 e. The zero-order chi connectivity index (χ0) is 16.1. The third-order valence-corrected chi connectivity index (χ3v) is 3.74. The van der Waals surface area contributed by atoms with E-state index in [1.54, 1.807) is 7.11 Å². The Morgan fingerprint density at radius 2 is 1.91 bits per heavy atom. The zero-order valence-electron chi connectivity index (χ0n) is 13.0. The Hall–Kier alpha value is -2.75. The molecule has 23 heavy (non-hydrogen) atoms. The molecule has 0 aliphatic carbocycles. The van der Waals surface area contributed by atoms with Crippen LogP contribution in [0.4, 0.5) is 0 Å². The number of rotatable bonds is 6. The summed E-state index contributed by atoms with van der Waals surface area (Å²) in [6, 6.07) is 17.5. The quantitative estimate of drug-likeness (QED) is 0.755. The number of aryl methyl sites for hydroxylation is 1. The molecule has 0 aliphatic heterocycles. The summed E-state index contributed by atoms with van der Waals surface area (Å²) in [6.45, 7) is 0.413. The van der Waals surface area contributed by atoms with Gasteiger partial charge in [0, 0.05) is 11.8 Å². The van der Waals surface area contributed by atoms with Gasteiger partial charge in [0.1, 0.15) is 17.1 Å². The van der Waals surface area contributed by atoms with Crippen molar-refractivity contribution in [2.45, 2.75) is 19.4 Å². The van der Waals surface area contributed by atoms with Gasteiger partial charge in [0.05, 0.1) is 13.7 Å². The molecule has 1 N–H and O–H groups in total. The Morgan fingerprint density at radius 3 is 2.65 bits per heavy atom. The number of carbonyl (C=O) groups is 1. The van der Waals surface area contributed by atoms with Gasteiger partial charge in [-0.15, -0.1) is 0 Å². The summed E-state index contributed by atoms with van der Waals surface area (Å²) in [5.41, 5.74) is 1.96. The molecule has 0 atom stereocenters. The maximum Gasteiger partial charge on any atom is 0.220 e. The summed E-state index contributed by atoms with van der Waals surface area (Å²) < 4.78 is 10.8. The van der Waals surface area contributed by atoms with Crippen molar-refractivity contribution < 1.29 is 13.9 Å². The predicted octanol–water partition coefficient (Wildman–Crippen LogP) is 3.69. The number of para-hydroxylation sites is 1. The van der Waals surface area contributed by atoms with Crippen molar-refractivity contribution in [2.24, 2.45) is 0 Å². The first-order valence-electron chi connectivity index (χ1n) is 7.62. The summed E-state index contributed by atoms with van der Waals surface area (Å²) in [6.07, 6.45) is 1.16. The molecule has 1 amide bonds. The fraction of sp³-hybridized carbons (Fsp3) is 0.211. The molecule has 0 bridgehead atoms. The van der Waals surface area contributed by atoms with Crippen molar-refractivity contribution in [1.82, 2.24) is 5.32 Å². The van der Waals surface area contributed by atoms with Crippen molar-refractivity contribution in [2.75, 3.05) is 7.11 Å². The van der Waals surface area contributed by atoms with Gasteiger partial charge in [0.25, 0.3) is 0 Å². The van der Waals surface area contributed by atoms with E-state index in [-0.39, 0.29) is 5.91 Å². The van der Waals surface area contributed by atoms with E-state index in [0.29, 0.717) is 19.4 Å². The second-order valence-electron chi connectivity index (χ2n) is 5.38. The molecule has 3 rings (SSSR count). The SMILES string of the molecule is COc1ccc(CCC(=O)NCc2cc3ccccc3o2)cc1. The number of ether oxygens (including phenoxy) is 1. The summed E-state index contributed by atoms with van der Waals surface area (Å²) >= 11 is 0. The van der Waals surface area contributed by atoms with Crippen LogP contribution in [0.5, 0.6) is 5.75 Å². The molecule has 0 radical (unpaired) electrons. The lowest BCUT2D eigenvalue weighted by atomic mass is 10.1. The minimum absolute atomic E-state index is 0.0151. The van der Waals surface area contributed by atoms with Crippen LogP contribution in [0.1, 0.15) is 17.7 Å². The van der Waals surface area contributed by atoms with Crippen LogP contribution in [0.3, 0.4) is 0 Å². The molecule has 4 nitrogen and oxygen atoms in total. The monoisotopic (exact) mass is 309 g/mol. The van der Waals surface area contributed by atoms with Crippen LogP contribution in [-0.2, 0) is 17.8 Å². The molecule has 0 saturated carbocycles. The average Bonchev–Trinajstić information content (AvgIpc) is 3.01. The lowest BCUT2D eigenvalue weighted by Crippen LogP contribution is -2.22. The van der Waals surface area contributed by atoms with E-state index in [9.17, 15) is 4.79 Å². The molecule has 0 spiro atoms. The standard InChI is InChI=1S/C19H19NO3/c1-22-16-9-6-14(7-10-16)8-11-19(21)20-13-17-12-15-4-2-3-5-18(15)23-17/h2-7,9-10,12H,8,11,13H2,1H3,(H,20,21). The highest BCUT2D eigenvalue weighted by atomic mass is 16.5. The number of carbonyl (C=O) groups excluding carboxylic acids is 1. The summed E-state index contributed by atoms with van der Waals surface area (Å²) in [5, 5.41) is 3.95. The van der Waals surface area contributed by atoms with Crippen LogP contribution in [0.2, 0.25) is 0 Å². The number of furan rings is 1. The van der Waals surface area contributed by atoms with E-state index in [1.807, 2.05) is 54.6 Å². The summed E-state index contributed by atoms with van der Waals surface area (Å²) in [7, 11) is 1.64. The Balaban J connectivity index is 1.49. The third kappa shape index (κ3) is 3.92. The van der Waals surface area contributed by atoms with Gasteiger partial charge in [0.2, 0.25) is 5.91 Å². The smallest absolute Gasteiger partial charge is 0.220 e. The van der Waals surface area contributed by atoms with Crippen molar-refractivity contribution in [3.63, 3.8) is 0 Å². The Morgan fingerprint density at radius 1 is 1.13 bits per heavy atom. The number of methoxy groups -OCH3 is 1.